The van der Waals surface area contributed by atoms with E-state index >= 15 is 0 Å². The molecule has 0 radical (unpaired) electrons. The van der Waals surface area contributed by atoms with Gasteiger partial charge in [-0.15, -0.1) is 0 Å². The van der Waals surface area contributed by atoms with E-state index < -0.39 is 0 Å². The van der Waals surface area contributed by atoms with Crippen LogP contribution in [0.15, 0.2) is 78.9 Å². The van der Waals surface area contributed by atoms with Gasteiger partial charge in [0.25, 0.3) is 5.91 Å². The van der Waals surface area contributed by atoms with E-state index in [2.05, 4.69) is 16.0 Å². The first-order valence-electron chi connectivity index (χ1n) is 11.8. The van der Waals surface area contributed by atoms with Crippen molar-refractivity contribution in [3.8, 4) is 0 Å². The van der Waals surface area contributed by atoms with Gasteiger partial charge in [0.2, 0.25) is 11.8 Å². The molecule has 0 unspecified atom stereocenters. The molecule has 180 valence electrons. The maximum absolute atomic E-state index is 12.8. The van der Waals surface area contributed by atoms with Crippen LogP contribution in [0.2, 0.25) is 0 Å². The summed E-state index contributed by atoms with van der Waals surface area (Å²) in [5.74, 6) is -0.515. The first kappa shape index (κ1) is 24.2. The Bertz CT molecular complexity index is 1190. The molecule has 7 nitrogen and oxygen atoms in total. The van der Waals surface area contributed by atoms with Crippen LogP contribution in [0, 0.1) is 12.8 Å². The fourth-order valence-electron chi connectivity index (χ4n) is 4.22. The zero-order valence-corrected chi connectivity index (χ0v) is 19.8. The van der Waals surface area contributed by atoms with Crippen LogP contribution in [0.4, 0.5) is 17.1 Å². The van der Waals surface area contributed by atoms with Gasteiger partial charge in [0, 0.05) is 17.3 Å². The second kappa shape index (κ2) is 11.4. The average Bonchev–Trinajstić information content (AvgIpc) is 2.85. The second-order valence-corrected chi connectivity index (χ2v) is 8.82. The zero-order valence-electron chi connectivity index (χ0n) is 19.8. The van der Waals surface area contributed by atoms with E-state index in [1.807, 2.05) is 66.4 Å². The minimum absolute atomic E-state index is 0.0221. The Morgan fingerprint density at radius 1 is 0.800 bits per heavy atom. The van der Waals surface area contributed by atoms with E-state index in [4.69, 9.17) is 0 Å². The van der Waals surface area contributed by atoms with Crippen LogP contribution in [0.5, 0.6) is 0 Å². The summed E-state index contributed by atoms with van der Waals surface area (Å²) in [5.41, 5.74) is 3.42. The van der Waals surface area contributed by atoms with Gasteiger partial charge < -0.3 is 16.0 Å². The Kier molecular flexibility index (Phi) is 7.90. The lowest BCUT2D eigenvalue weighted by atomic mass is 9.96. The predicted octanol–water partition coefficient (Wildman–Crippen LogP) is 4.54. The average molecular weight is 471 g/mol. The Morgan fingerprint density at radius 3 is 2.23 bits per heavy atom. The van der Waals surface area contributed by atoms with Crippen molar-refractivity contribution in [2.45, 2.75) is 19.8 Å². The molecule has 0 spiro atoms. The molecule has 3 aromatic rings. The van der Waals surface area contributed by atoms with Gasteiger partial charge >= 0.3 is 0 Å². The molecule has 0 saturated carbocycles. The quantitative estimate of drug-likeness (QED) is 0.473. The molecule has 1 aliphatic heterocycles. The number of para-hydroxylation sites is 2. The molecule has 0 atom stereocenters. The highest BCUT2D eigenvalue weighted by Crippen LogP contribution is 2.21. The lowest BCUT2D eigenvalue weighted by molar-refractivity contribution is -0.121. The van der Waals surface area contributed by atoms with Crippen molar-refractivity contribution < 1.29 is 14.4 Å². The van der Waals surface area contributed by atoms with Gasteiger partial charge in [-0.3, -0.25) is 19.3 Å². The number of likely N-dealkylation sites (tertiary alicyclic amines) is 1. The van der Waals surface area contributed by atoms with Crippen molar-refractivity contribution in [3.63, 3.8) is 0 Å². The summed E-state index contributed by atoms with van der Waals surface area (Å²) in [4.78, 5) is 40.2. The van der Waals surface area contributed by atoms with Gasteiger partial charge in [-0.25, -0.2) is 0 Å². The number of benzene rings is 3. The number of rotatable bonds is 7. The zero-order chi connectivity index (χ0) is 24.6. The number of anilines is 3. The van der Waals surface area contributed by atoms with Crippen molar-refractivity contribution >= 4 is 34.8 Å². The molecule has 0 bridgehead atoms. The Labute approximate surface area is 205 Å². The van der Waals surface area contributed by atoms with Crippen LogP contribution < -0.4 is 16.0 Å². The van der Waals surface area contributed by atoms with Crippen molar-refractivity contribution in [2.24, 2.45) is 5.92 Å². The first-order chi connectivity index (χ1) is 17.0. The van der Waals surface area contributed by atoms with Crippen LogP contribution >= 0.6 is 0 Å². The molecular weight excluding hydrogens is 440 g/mol. The molecule has 0 aliphatic carbocycles. The Balaban J connectivity index is 1.28. The lowest BCUT2D eigenvalue weighted by Gasteiger charge is -2.30. The monoisotopic (exact) mass is 470 g/mol. The summed E-state index contributed by atoms with van der Waals surface area (Å²) < 4.78 is 0. The van der Waals surface area contributed by atoms with Crippen LogP contribution in [-0.4, -0.2) is 42.3 Å². The minimum atomic E-state index is -0.281. The smallest absolute Gasteiger partial charge is 0.257 e. The number of carbonyl (C=O) groups is 3. The molecular formula is C28H30N4O3. The number of aryl methyl sites for hydroxylation is 1. The minimum Gasteiger partial charge on any atom is -0.326 e. The topological polar surface area (TPSA) is 90.5 Å². The van der Waals surface area contributed by atoms with Gasteiger partial charge in [0.15, 0.2) is 0 Å². The third-order valence-electron chi connectivity index (χ3n) is 6.09. The van der Waals surface area contributed by atoms with Crippen LogP contribution in [0.1, 0.15) is 28.8 Å². The van der Waals surface area contributed by atoms with Crippen LogP contribution in [0.3, 0.4) is 0 Å². The molecule has 3 N–H and O–H groups in total. The van der Waals surface area contributed by atoms with E-state index in [0.717, 1.165) is 11.3 Å². The summed E-state index contributed by atoms with van der Waals surface area (Å²) in [6.07, 6.45) is 1.39. The standard InChI is InChI=1S/C28H30N4O3/c1-20-8-7-11-23(18-20)30-28(35)24-12-5-6-13-25(24)31-26(33)19-32-16-14-21(15-17-32)27(34)29-22-9-3-2-4-10-22/h2-13,18,21H,14-17,19H2,1H3,(H,29,34)(H,30,35)(H,31,33). The van der Waals surface area contributed by atoms with Crippen molar-refractivity contribution in [1.82, 2.24) is 4.90 Å². The molecule has 1 heterocycles. The van der Waals surface area contributed by atoms with Gasteiger partial charge in [-0.05, 0) is 74.8 Å². The molecule has 1 aliphatic rings. The number of carbonyl (C=O) groups excluding carboxylic acids is 3. The lowest BCUT2D eigenvalue weighted by Crippen LogP contribution is -2.41. The van der Waals surface area contributed by atoms with E-state index in [1.54, 1.807) is 24.3 Å². The molecule has 3 aromatic carbocycles. The maximum atomic E-state index is 12.8. The molecule has 1 fully saturated rings. The molecule has 7 heteroatoms. The number of hydrogen-bond donors (Lipinski definition) is 3. The summed E-state index contributed by atoms with van der Waals surface area (Å²) in [7, 11) is 0. The third kappa shape index (κ3) is 6.77. The number of nitrogens with one attached hydrogen (secondary N) is 3. The predicted molar refractivity (Wildman–Crippen MR) is 138 cm³/mol. The summed E-state index contributed by atoms with van der Waals surface area (Å²) in [6, 6.07) is 24.0. The van der Waals surface area contributed by atoms with Crippen LogP contribution in [0.25, 0.3) is 0 Å². The van der Waals surface area contributed by atoms with Gasteiger partial charge in [-0.2, -0.15) is 0 Å². The molecule has 1 saturated heterocycles. The van der Waals surface area contributed by atoms with E-state index in [9.17, 15) is 14.4 Å². The largest absolute Gasteiger partial charge is 0.326 e. The molecule has 3 amide bonds. The fourth-order valence-corrected chi connectivity index (χ4v) is 4.22. The molecule has 0 aromatic heterocycles. The molecule has 35 heavy (non-hydrogen) atoms. The molecule has 4 rings (SSSR count). The summed E-state index contributed by atoms with van der Waals surface area (Å²) in [5, 5.41) is 8.73. The summed E-state index contributed by atoms with van der Waals surface area (Å²) >= 11 is 0. The van der Waals surface area contributed by atoms with Gasteiger partial charge in [0.1, 0.15) is 0 Å². The Morgan fingerprint density at radius 2 is 1.49 bits per heavy atom. The van der Waals surface area contributed by atoms with E-state index in [0.29, 0.717) is 42.9 Å². The van der Waals surface area contributed by atoms with Crippen molar-refractivity contribution in [1.29, 1.82) is 0 Å². The fraction of sp³-hybridized carbons (Fsp3) is 0.250. The number of nitrogens with zero attached hydrogens (tertiary/aromatic N) is 1. The highest BCUT2D eigenvalue weighted by molar-refractivity contribution is 6.10. The van der Waals surface area contributed by atoms with Crippen molar-refractivity contribution in [3.05, 3.63) is 90.0 Å². The van der Waals surface area contributed by atoms with Crippen LogP contribution in [-0.2, 0) is 9.59 Å². The second-order valence-electron chi connectivity index (χ2n) is 8.82. The highest BCUT2D eigenvalue weighted by atomic mass is 16.2. The first-order valence-corrected chi connectivity index (χ1v) is 11.8. The SMILES string of the molecule is Cc1cccc(NC(=O)c2ccccc2NC(=O)CN2CCC(C(=O)Nc3ccccc3)CC2)c1. The summed E-state index contributed by atoms with van der Waals surface area (Å²) in [6.45, 7) is 3.49. The van der Waals surface area contributed by atoms with E-state index in [-0.39, 0.29) is 30.2 Å². The number of hydrogen-bond acceptors (Lipinski definition) is 4. The number of amides is 3. The van der Waals surface area contributed by atoms with Crippen molar-refractivity contribution in [2.75, 3.05) is 35.6 Å². The highest BCUT2D eigenvalue weighted by Gasteiger charge is 2.26. The van der Waals surface area contributed by atoms with Gasteiger partial charge in [-0.1, -0.05) is 42.5 Å². The van der Waals surface area contributed by atoms with Gasteiger partial charge in [0.05, 0.1) is 17.8 Å². The Hall–Kier alpha value is -3.97. The number of piperidine rings is 1. The third-order valence-corrected chi connectivity index (χ3v) is 6.09. The normalized spacial score (nSPS) is 14.2. The maximum Gasteiger partial charge on any atom is 0.257 e. The van der Waals surface area contributed by atoms with E-state index in [1.165, 1.54) is 0 Å².